The number of pyridine rings is 1. The molecule has 1 N–H and O–H groups in total. The second kappa shape index (κ2) is 5.04. The number of rotatable bonds is 4. The van der Waals surface area contributed by atoms with Gasteiger partial charge in [0.05, 0.1) is 6.61 Å². The topological polar surface area (TPSA) is 60.2 Å². The lowest BCUT2D eigenvalue weighted by molar-refractivity contribution is 0.192. The summed E-state index contributed by atoms with van der Waals surface area (Å²) in [6.07, 6.45) is 3.53. The summed E-state index contributed by atoms with van der Waals surface area (Å²) in [5, 5.41) is 9.01. The van der Waals surface area contributed by atoms with Crippen LogP contribution in [0.2, 0.25) is 0 Å². The fourth-order valence-electron chi connectivity index (χ4n) is 2.48. The second-order valence-corrected chi connectivity index (χ2v) is 4.61. The Morgan fingerprint density at radius 3 is 3.22 bits per heavy atom. The average molecular weight is 247 g/mol. The van der Waals surface area contributed by atoms with Gasteiger partial charge in [-0.25, -0.2) is 9.97 Å². The highest BCUT2D eigenvalue weighted by atomic mass is 16.5. The molecule has 1 unspecified atom stereocenters. The van der Waals surface area contributed by atoms with E-state index >= 15 is 0 Å². The van der Waals surface area contributed by atoms with Crippen molar-refractivity contribution in [3.05, 3.63) is 24.2 Å². The lowest BCUT2D eigenvalue weighted by atomic mass is 10.1. The van der Waals surface area contributed by atoms with E-state index in [9.17, 15) is 0 Å². The molecule has 1 aliphatic rings. The van der Waals surface area contributed by atoms with Crippen LogP contribution in [-0.4, -0.2) is 39.5 Å². The van der Waals surface area contributed by atoms with Crippen molar-refractivity contribution in [1.82, 2.24) is 14.5 Å². The van der Waals surface area contributed by atoms with Crippen LogP contribution in [0.3, 0.4) is 0 Å². The predicted octanol–water partition coefficient (Wildman–Crippen LogP) is 1.32. The molecule has 0 amide bonds. The van der Waals surface area contributed by atoms with Gasteiger partial charge in [0, 0.05) is 31.9 Å². The summed E-state index contributed by atoms with van der Waals surface area (Å²) in [5.41, 5.74) is 1.84. The maximum absolute atomic E-state index is 9.01. The Hall–Kier alpha value is -1.46. The van der Waals surface area contributed by atoms with Gasteiger partial charge in [-0.3, -0.25) is 0 Å². The number of imidazole rings is 1. The molecule has 0 spiro atoms. The average Bonchev–Trinajstić information content (AvgIpc) is 3.03. The van der Waals surface area contributed by atoms with Crippen molar-refractivity contribution in [2.75, 3.05) is 19.8 Å². The minimum atomic E-state index is 0.188. The lowest BCUT2D eigenvalue weighted by Crippen LogP contribution is -2.11. The molecule has 0 radical (unpaired) electrons. The van der Waals surface area contributed by atoms with Crippen LogP contribution in [0.15, 0.2) is 18.3 Å². The number of aliphatic hydroxyl groups excluding tert-OH is 1. The van der Waals surface area contributed by atoms with Gasteiger partial charge in [-0.1, -0.05) is 0 Å². The molecule has 1 saturated heterocycles. The third-order valence-corrected chi connectivity index (χ3v) is 3.37. The summed E-state index contributed by atoms with van der Waals surface area (Å²) in [7, 11) is 0. The zero-order valence-electron chi connectivity index (χ0n) is 10.2. The Balaban J connectivity index is 2.04. The van der Waals surface area contributed by atoms with E-state index in [1.807, 2.05) is 12.1 Å². The van der Waals surface area contributed by atoms with E-state index in [0.717, 1.165) is 49.6 Å². The fraction of sp³-hybridized carbons (Fsp3) is 0.538. The molecule has 2 aromatic rings. The lowest BCUT2D eigenvalue weighted by Gasteiger charge is -2.11. The van der Waals surface area contributed by atoms with Crippen molar-refractivity contribution in [1.29, 1.82) is 0 Å². The Morgan fingerprint density at radius 2 is 2.44 bits per heavy atom. The Labute approximate surface area is 105 Å². The van der Waals surface area contributed by atoms with E-state index in [0.29, 0.717) is 5.92 Å². The van der Waals surface area contributed by atoms with Crippen LogP contribution in [0.5, 0.6) is 0 Å². The smallest absolute Gasteiger partial charge is 0.159 e. The molecule has 5 nitrogen and oxygen atoms in total. The van der Waals surface area contributed by atoms with Gasteiger partial charge in [-0.15, -0.1) is 0 Å². The quantitative estimate of drug-likeness (QED) is 0.885. The van der Waals surface area contributed by atoms with Crippen molar-refractivity contribution in [2.24, 2.45) is 0 Å². The molecule has 1 fully saturated rings. The molecule has 0 aromatic carbocycles. The molecule has 0 bridgehead atoms. The number of ether oxygens (including phenoxy) is 1. The summed E-state index contributed by atoms with van der Waals surface area (Å²) in [4.78, 5) is 9.09. The minimum absolute atomic E-state index is 0.188. The molecule has 18 heavy (non-hydrogen) atoms. The van der Waals surface area contributed by atoms with Gasteiger partial charge in [-0.05, 0) is 25.0 Å². The summed E-state index contributed by atoms with van der Waals surface area (Å²) in [6.45, 7) is 2.49. The van der Waals surface area contributed by atoms with E-state index in [1.54, 1.807) is 6.20 Å². The largest absolute Gasteiger partial charge is 0.396 e. The third kappa shape index (κ3) is 2.00. The van der Waals surface area contributed by atoms with E-state index in [2.05, 4.69) is 14.5 Å². The monoisotopic (exact) mass is 247 g/mol. The number of nitrogens with zero attached hydrogens (tertiary/aromatic N) is 3. The van der Waals surface area contributed by atoms with Crippen LogP contribution in [0.1, 0.15) is 24.6 Å². The van der Waals surface area contributed by atoms with E-state index in [-0.39, 0.29) is 6.61 Å². The third-order valence-electron chi connectivity index (χ3n) is 3.37. The number of hydrogen-bond acceptors (Lipinski definition) is 4. The summed E-state index contributed by atoms with van der Waals surface area (Å²) >= 11 is 0. The number of fused-ring (bicyclic) bond motifs is 1. The van der Waals surface area contributed by atoms with Gasteiger partial charge in [0.1, 0.15) is 11.3 Å². The van der Waals surface area contributed by atoms with Crippen LogP contribution in [-0.2, 0) is 11.3 Å². The van der Waals surface area contributed by atoms with Gasteiger partial charge >= 0.3 is 0 Å². The first-order valence-electron chi connectivity index (χ1n) is 6.40. The first-order valence-corrected chi connectivity index (χ1v) is 6.40. The molecule has 3 rings (SSSR count). The summed E-state index contributed by atoms with van der Waals surface area (Å²) in [6, 6.07) is 3.89. The Morgan fingerprint density at radius 1 is 1.50 bits per heavy atom. The Bertz CT molecular complexity index is 532. The summed E-state index contributed by atoms with van der Waals surface area (Å²) < 4.78 is 7.57. The van der Waals surface area contributed by atoms with Crippen molar-refractivity contribution < 1.29 is 9.84 Å². The van der Waals surface area contributed by atoms with Gasteiger partial charge in [0.15, 0.2) is 5.65 Å². The SMILES string of the molecule is OCCCn1c(C2CCOC2)nc2cccnc21. The van der Waals surface area contributed by atoms with Crippen molar-refractivity contribution in [3.63, 3.8) is 0 Å². The highest BCUT2D eigenvalue weighted by Crippen LogP contribution is 2.27. The minimum Gasteiger partial charge on any atom is -0.396 e. The number of hydrogen-bond donors (Lipinski definition) is 1. The fourth-order valence-corrected chi connectivity index (χ4v) is 2.48. The number of aromatic nitrogens is 3. The molecule has 3 heterocycles. The highest BCUT2D eigenvalue weighted by Gasteiger charge is 2.24. The van der Waals surface area contributed by atoms with Crippen LogP contribution in [0, 0.1) is 0 Å². The normalized spacial score (nSPS) is 19.7. The second-order valence-electron chi connectivity index (χ2n) is 4.61. The molecule has 5 heteroatoms. The summed E-state index contributed by atoms with van der Waals surface area (Å²) in [5.74, 6) is 1.41. The van der Waals surface area contributed by atoms with Crippen LogP contribution in [0.4, 0.5) is 0 Å². The molecule has 2 aromatic heterocycles. The zero-order chi connectivity index (χ0) is 12.4. The molecule has 96 valence electrons. The van der Waals surface area contributed by atoms with E-state index in [1.165, 1.54) is 0 Å². The van der Waals surface area contributed by atoms with Crippen LogP contribution >= 0.6 is 0 Å². The maximum Gasteiger partial charge on any atom is 0.159 e. The number of aliphatic hydroxyl groups is 1. The predicted molar refractivity (Wildman–Crippen MR) is 67.4 cm³/mol. The number of aryl methyl sites for hydroxylation is 1. The van der Waals surface area contributed by atoms with Gasteiger partial charge < -0.3 is 14.4 Å². The first-order chi connectivity index (χ1) is 8.90. The molecule has 1 atom stereocenters. The van der Waals surface area contributed by atoms with E-state index in [4.69, 9.17) is 9.84 Å². The molecule has 1 aliphatic heterocycles. The van der Waals surface area contributed by atoms with Crippen molar-refractivity contribution in [2.45, 2.75) is 25.3 Å². The van der Waals surface area contributed by atoms with Crippen molar-refractivity contribution in [3.8, 4) is 0 Å². The molecular formula is C13H17N3O2. The van der Waals surface area contributed by atoms with Gasteiger partial charge in [0.2, 0.25) is 0 Å². The highest BCUT2D eigenvalue weighted by molar-refractivity contribution is 5.71. The standard InChI is InChI=1S/C13H17N3O2/c17-7-2-6-16-12(10-4-8-18-9-10)15-11-3-1-5-14-13(11)16/h1,3,5,10,17H,2,4,6-9H2. The van der Waals surface area contributed by atoms with Crippen LogP contribution < -0.4 is 0 Å². The Kier molecular flexibility index (Phi) is 3.25. The molecule has 0 aliphatic carbocycles. The molecular weight excluding hydrogens is 230 g/mol. The van der Waals surface area contributed by atoms with Gasteiger partial charge in [-0.2, -0.15) is 0 Å². The van der Waals surface area contributed by atoms with Gasteiger partial charge in [0.25, 0.3) is 0 Å². The molecule has 0 saturated carbocycles. The zero-order valence-corrected chi connectivity index (χ0v) is 10.2. The maximum atomic E-state index is 9.01. The van der Waals surface area contributed by atoms with Crippen LogP contribution in [0.25, 0.3) is 11.2 Å². The first kappa shape index (κ1) is 11.6. The van der Waals surface area contributed by atoms with E-state index < -0.39 is 0 Å². The van der Waals surface area contributed by atoms with Crippen molar-refractivity contribution >= 4 is 11.2 Å².